The minimum absolute atomic E-state index is 0.00532. The molecule has 0 aromatic carbocycles. The Morgan fingerprint density at radius 3 is 2.85 bits per heavy atom. The maximum Gasteiger partial charge on any atom is 0.312 e. The van der Waals surface area contributed by atoms with Crippen LogP contribution in [0.4, 0.5) is 0 Å². The average molecular weight is 182 g/mol. The summed E-state index contributed by atoms with van der Waals surface area (Å²) in [5.74, 6) is -0.887. The summed E-state index contributed by atoms with van der Waals surface area (Å²) < 4.78 is 4.85. The van der Waals surface area contributed by atoms with Gasteiger partial charge >= 0.3 is 5.97 Å². The number of aliphatic hydroxyl groups is 1. The first-order valence-electron chi connectivity index (χ1n) is 4.30. The number of ether oxygens (including phenoxy) is 1. The second-order valence-corrected chi connectivity index (χ2v) is 3.11. The molecule has 1 aliphatic heterocycles. The first-order chi connectivity index (χ1) is 6.20. The lowest BCUT2D eigenvalue weighted by atomic mass is 9.84. The molecule has 0 spiro atoms. The number of esters is 1. The molecule has 1 rings (SSSR count). The molecule has 13 heavy (non-hydrogen) atoms. The Morgan fingerprint density at radius 1 is 1.62 bits per heavy atom. The first-order valence-corrected chi connectivity index (χ1v) is 4.30. The van der Waals surface area contributed by atoms with Gasteiger partial charge in [0, 0.05) is 0 Å². The lowest BCUT2D eigenvalue weighted by Crippen LogP contribution is -2.38. The molecule has 3 atom stereocenters. The maximum absolute atomic E-state index is 11.3. The van der Waals surface area contributed by atoms with Gasteiger partial charge in [-0.2, -0.15) is 0 Å². The summed E-state index contributed by atoms with van der Waals surface area (Å²) in [5.41, 5.74) is 0. The van der Waals surface area contributed by atoms with E-state index in [1.807, 2.05) is 0 Å². The largest absolute Gasteiger partial charge is 0.465 e. The minimum atomic E-state index is -0.837. The van der Waals surface area contributed by atoms with Crippen molar-refractivity contribution in [2.45, 2.75) is 12.5 Å². The molecule has 0 radical (unpaired) electrons. The quantitative estimate of drug-likeness (QED) is 0.521. The number of hydrogen-bond acceptors (Lipinski definition) is 3. The van der Waals surface area contributed by atoms with Gasteiger partial charge in [-0.05, 0) is 12.3 Å². The fourth-order valence-electron chi connectivity index (χ4n) is 1.55. The van der Waals surface area contributed by atoms with E-state index < -0.39 is 12.0 Å². The average Bonchev–Trinajstić information content (AvgIpc) is 2.16. The number of rotatable bonds is 3. The number of aliphatic hydroxyl groups excluding tert-OH is 1. The van der Waals surface area contributed by atoms with Crippen LogP contribution in [0.5, 0.6) is 0 Å². The second-order valence-electron chi connectivity index (χ2n) is 3.11. The van der Waals surface area contributed by atoms with Crippen molar-refractivity contribution in [2.75, 3.05) is 6.61 Å². The predicted molar refractivity (Wildman–Crippen MR) is 49.0 cm³/mol. The molecule has 1 aliphatic rings. The van der Waals surface area contributed by atoms with Crippen LogP contribution in [-0.4, -0.2) is 23.8 Å². The number of cyclic esters (lactones) is 1. The van der Waals surface area contributed by atoms with Gasteiger partial charge in [0.2, 0.25) is 0 Å². The zero-order valence-corrected chi connectivity index (χ0v) is 7.48. The third-order valence-corrected chi connectivity index (χ3v) is 2.34. The smallest absolute Gasteiger partial charge is 0.312 e. The molecule has 3 heteroatoms. The van der Waals surface area contributed by atoms with Gasteiger partial charge in [0.1, 0.15) is 0 Å². The lowest BCUT2D eigenvalue weighted by Gasteiger charge is -2.29. The Hall–Kier alpha value is -1.09. The van der Waals surface area contributed by atoms with E-state index in [0.717, 1.165) is 6.42 Å². The highest BCUT2D eigenvalue weighted by molar-refractivity contribution is 5.74. The van der Waals surface area contributed by atoms with Gasteiger partial charge in [-0.25, -0.2) is 0 Å². The first kappa shape index (κ1) is 9.99. The summed E-state index contributed by atoms with van der Waals surface area (Å²) in [6.45, 7) is 7.49. The summed E-state index contributed by atoms with van der Waals surface area (Å²) in [5, 5.41) is 9.49. The van der Waals surface area contributed by atoms with Crippen LogP contribution in [0.15, 0.2) is 25.3 Å². The molecule has 3 nitrogen and oxygen atoms in total. The van der Waals surface area contributed by atoms with Crippen LogP contribution >= 0.6 is 0 Å². The van der Waals surface area contributed by atoms with Crippen LogP contribution in [0.2, 0.25) is 0 Å². The lowest BCUT2D eigenvalue weighted by molar-refractivity contribution is -0.159. The van der Waals surface area contributed by atoms with Gasteiger partial charge in [0.25, 0.3) is 0 Å². The molecule has 1 N–H and O–H groups in total. The van der Waals surface area contributed by atoms with Gasteiger partial charge in [-0.3, -0.25) is 4.79 Å². The molecule has 0 saturated carbocycles. The molecular formula is C10H14O3. The van der Waals surface area contributed by atoms with Crippen molar-refractivity contribution in [3.63, 3.8) is 0 Å². The molecule has 72 valence electrons. The Labute approximate surface area is 77.7 Å². The fraction of sp³-hybridized carbons (Fsp3) is 0.500. The fourth-order valence-corrected chi connectivity index (χ4v) is 1.55. The van der Waals surface area contributed by atoms with Crippen molar-refractivity contribution in [1.29, 1.82) is 0 Å². The Morgan fingerprint density at radius 2 is 2.31 bits per heavy atom. The van der Waals surface area contributed by atoms with Crippen molar-refractivity contribution in [1.82, 2.24) is 0 Å². The maximum atomic E-state index is 11.3. The third kappa shape index (κ3) is 1.98. The molecule has 1 heterocycles. The Kier molecular flexibility index (Phi) is 3.25. The summed E-state index contributed by atoms with van der Waals surface area (Å²) in [6.07, 6.45) is 2.94. The zero-order chi connectivity index (χ0) is 9.84. The van der Waals surface area contributed by atoms with Gasteiger partial charge in [0.15, 0.2) is 0 Å². The predicted octanol–water partition coefficient (Wildman–Crippen LogP) is 0.899. The summed E-state index contributed by atoms with van der Waals surface area (Å²) in [4.78, 5) is 11.3. The Bertz CT molecular complexity index is 222. The topological polar surface area (TPSA) is 46.5 Å². The molecule has 1 saturated heterocycles. The monoisotopic (exact) mass is 182 g/mol. The van der Waals surface area contributed by atoms with Crippen LogP contribution in [-0.2, 0) is 9.53 Å². The van der Waals surface area contributed by atoms with E-state index in [-0.39, 0.29) is 11.9 Å². The second kappa shape index (κ2) is 4.23. The normalized spacial score (nSPS) is 30.4. The van der Waals surface area contributed by atoms with Crippen LogP contribution in [0.25, 0.3) is 0 Å². The van der Waals surface area contributed by atoms with Crippen LogP contribution < -0.4 is 0 Å². The van der Waals surface area contributed by atoms with Crippen molar-refractivity contribution in [3.8, 4) is 0 Å². The van der Waals surface area contributed by atoms with Gasteiger partial charge in [-0.1, -0.05) is 12.2 Å². The number of allylic oxidation sites excluding steroid dienone is 1. The van der Waals surface area contributed by atoms with Gasteiger partial charge in [-0.15, -0.1) is 13.2 Å². The van der Waals surface area contributed by atoms with Crippen LogP contribution in [0, 0.1) is 11.8 Å². The highest BCUT2D eigenvalue weighted by Gasteiger charge is 2.35. The van der Waals surface area contributed by atoms with Crippen LogP contribution in [0.3, 0.4) is 0 Å². The summed E-state index contributed by atoms with van der Waals surface area (Å²) in [7, 11) is 0. The van der Waals surface area contributed by atoms with E-state index in [1.165, 1.54) is 6.08 Å². The zero-order valence-electron chi connectivity index (χ0n) is 7.48. The standard InChI is InChI=1S/C10H14O3/c1-3-7-5-6-13-10(12)9(7)8(11)4-2/h3-4,7-9,11H,1-2,5-6H2/t7-,8-,9-/m0/s1. The van der Waals surface area contributed by atoms with E-state index in [2.05, 4.69) is 13.2 Å². The van der Waals surface area contributed by atoms with Crippen molar-refractivity contribution in [3.05, 3.63) is 25.3 Å². The number of carbonyl (C=O) groups is 1. The molecule has 0 unspecified atom stereocenters. The minimum Gasteiger partial charge on any atom is -0.465 e. The van der Waals surface area contributed by atoms with Crippen molar-refractivity contribution < 1.29 is 14.6 Å². The van der Waals surface area contributed by atoms with E-state index in [4.69, 9.17) is 4.74 Å². The van der Waals surface area contributed by atoms with Crippen molar-refractivity contribution in [2.24, 2.45) is 11.8 Å². The Balaban J connectivity index is 2.78. The van der Waals surface area contributed by atoms with E-state index >= 15 is 0 Å². The summed E-state index contributed by atoms with van der Waals surface area (Å²) in [6, 6.07) is 0. The number of hydrogen-bond donors (Lipinski definition) is 1. The summed E-state index contributed by atoms with van der Waals surface area (Å²) >= 11 is 0. The van der Waals surface area contributed by atoms with E-state index in [9.17, 15) is 9.90 Å². The third-order valence-electron chi connectivity index (χ3n) is 2.34. The van der Waals surface area contributed by atoms with Crippen LogP contribution in [0.1, 0.15) is 6.42 Å². The van der Waals surface area contributed by atoms with Gasteiger partial charge in [0.05, 0.1) is 18.6 Å². The molecule has 0 bridgehead atoms. The molecule has 1 fully saturated rings. The molecular weight excluding hydrogens is 168 g/mol. The molecule has 0 aromatic heterocycles. The van der Waals surface area contributed by atoms with E-state index in [1.54, 1.807) is 6.08 Å². The van der Waals surface area contributed by atoms with E-state index in [0.29, 0.717) is 6.61 Å². The van der Waals surface area contributed by atoms with Gasteiger partial charge < -0.3 is 9.84 Å². The van der Waals surface area contributed by atoms with Crippen molar-refractivity contribution >= 4 is 5.97 Å². The highest BCUT2D eigenvalue weighted by atomic mass is 16.5. The highest BCUT2D eigenvalue weighted by Crippen LogP contribution is 2.27. The SMILES string of the molecule is C=C[C@H](O)[C@H]1C(=O)OCC[C@@H]1C=C. The molecule has 0 aliphatic carbocycles. The molecule has 0 aromatic rings. The molecule has 0 amide bonds. The number of carbonyl (C=O) groups excluding carboxylic acids is 1.